The lowest BCUT2D eigenvalue weighted by Gasteiger charge is -2.40. The number of nitrogens with two attached hydrogens (primary N) is 1. The van der Waals surface area contributed by atoms with E-state index >= 15 is 0 Å². The van der Waals surface area contributed by atoms with Crippen molar-refractivity contribution in [3.63, 3.8) is 0 Å². The molecule has 0 unspecified atom stereocenters. The van der Waals surface area contributed by atoms with E-state index in [1.165, 1.54) is 0 Å². The Bertz CT molecular complexity index is 389. The van der Waals surface area contributed by atoms with Crippen LogP contribution in [0.4, 0.5) is 4.39 Å². The van der Waals surface area contributed by atoms with Crippen LogP contribution in [0.2, 0.25) is 5.02 Å². The summed E-state index contributed by atoms with van der Waals surface area (Å²) in [5.41, 5.74) is 6.63. The molecule has 0 atom stereocenters. The third kappa shape index (κ3) is 1.50. The minimum absolute atomic E-state index is 0.317. The number of hydrogen-bond acceptors (Lipinski definition) is 2. The second-order valence-corrected chi connectivity index (χ2v) is 4.61. The maximum atomic E-state index is 13.3. The molecule has 1 aromatic rings. The van der Waals surface area contributed by atoms with Crippen LogP contribution < -0.4 is 5.73 Å². The second-order valence-electron chi connectivity index (χ2n) is 4.20. The first-order valence-corrected chi connectivity index (χ1v) is 5.30. The zero-order valence-electron chi connectivity index (χ0n) is 8.48. The molecule has 1 aromatic carbocycles. The molecule has 1 fully saturated rings. The van der Waals surface area contributed by atoms with E-state index in [9.17, 15) is 9.50 Å². The third-order valence-electron chi connectivity index (χ3n) is 3.19. The number of aromatic hydroxyl groups is 1. The molecule has 2 rings (SSSR count). The minimum atomic E-state index is -0.697. The fourth-order valence-corrected chi connectivity index (χ4v) is 2.31. The first-order valence-electron chi connectivity index (χ1n) is 4.92. The van der Waals surface area contributed by atoms with Crippen LogP contribution in [0, 0.1) is 12.7 Å². The van der Waals surface area contributed by atoms with Crippen molar-refractivity contribution >= 4 is 11.6 Å². The predicted molar refractivity (Wildman–Crippen MR) is 57.5 cm³/mol. The summed E-state index contributed by atoms with van der Waals surface area (Å²) in [5, 5.41) is 10.0. The summed E-state index contributed by atoms with van der Waals surface area (Å²) in [7, 11) is 0. The van der Waals surface area contributed by atoms with Gasteiger partial charge in [0.15, 0.2) is 11.6 Å². The lowest BCUT2D eigenvalue weighted by Crippen LogP contribution is -2.44. The van der Waals surface area contributed by atoms with Gasteiger partial charge in [-0.05, 0) is 37.8 Å². The molecule has 0 radical (unpaired) electrons. The molecule has 0 bridgehead atoms. The van der Waals surface area contributed by atoms with Gasteiger partial charge in [0.1, 0.15) is 0 Å². The number of halogens is 2. The maximum absolute atomic E-state index is 13.3. The Morgan fingerprint density at radius 1 is 1.53 bits per heavy atom. The van der Waals surface area contributed by atoms with Gasteiger partial charge in [-0.15, -0.1) is 0 Å². The van der Waals surface area contributed by atoms with E-state index in [0.29, 0.717) is 16.1 Å². The molecule has 1 aliphatic carbocycles. The highest BCUT2D eigenvalue weighted by atomic mass is 35.5. The van der Waals surface area contributed by atoms with E-state index in [1.54, 1.807) is 6.92 Å². The molecule has 0 spiro atoms. The van der Waals surface area contributed by atoms with E-state index in [-0.39, 0.29) is 5.75 Å². The molecule has 1 saturated carbocycles. The van der Waals surface area contributed by atoms with Gasteiger partial charge in [-0.1, -0.05) is 11.6 Å². The maximum Gasteiger partial charge on any atom is 0.166 e. The number of phenols is 1. The van der Waals surface area contributed by atoms with Crippen LogP contribution >= 0.6 is 11.6 Å². The average Bonchev–Trinajstić information content (AvgIpc) is 2.12. The van der Waals surface area contributed by atoms with Gasteiger partial charge in [0.05, 0.1) is 0 Å². The Labute approximate surface area is 92.9 Å². The summed E-state index contributed by atoms with van der Waals surface area (Å²) in [6, 6.07) is 1.12. The lowest BCUT2D eigenvalue weighted by atomic mass is 9.71. The topological polar surface area (TPSA) is 46.2 Å². The summed E-state index contributed by atoms with van der Waals surface area (Å²) >= 11 is 5.87. The van der Waals surface area contributed by atoms with Gasteiger partial charge in [0.2, 0.25) is 0 Å². The zero-order chi connectivity index (χ0) is 11.2. The summed E-state index contributed by atoms with van der Waals surface area (Å²) in [6.07, 6.45) is 2.53. The van der Waals surface area contributed by atoms with E-state index in [1.807, 2.05) is 0 Å². The highest BCUT2D eigenvalue weighted by molar-refractivity contribution is 6.31. The fraction of sp³-hybridized carbons (Fsp3) is 0.455. The summed E-state index contributed by atoms with van der Waals surface area (Å²) in [6.45, 7) is 1.75. The Balaban J connectivity index is 2.63. The molecule has 1 aliphatic rings. The molecule has 0 aromatic heterocycles. The monoisotopic (exact) mass is 229 g/mol. The Morgan fingerprint density at radius 3 is 2.60 bits per heavy atom. The van der Waals surface area contributed by atoms with E-state index in [0.717, 1.165) is 25.3 Å². The Kier molecular flexibility index (Phi) is 2.40. The second kappa shape index (κ2) is 3.35. The zero-order valence-corrected chi connectivity index (χ0v) is 9.24. The van der Waals surface area contributed by atoms with E-state index < -0.39 is 11.4 Å². The molecule has 0 heterocycles. The molecular weight excluding hydrogens is 217 g/mol. The standard InChI is InChI=1S/C11H13ClFNO/c1-6-7(12)5-8(13)10(15)9(6)11(14)3-2-4-11/h5,15H,2-4,14H2,1H3. The Morgan fingerprint density at radius 2 is 2.13 bits per heavy atom. The van der Waals surface area contributed by atoms with Gasteiger partial charge in [-0.25, -0.2) is 4.39 Å². The van der Waals surface area contributed by atoms with Gasteiger partial charge in [0.25, 0.3) is 0 Å². The van der Waals surface area contributed by atoms with E-state index in [2.05, 4.69) is 0 Å². The van der Waals surface area contributed by atoms with Crippen molar-refractivity contribution in [3.05, 3.63) is 28.0 Å². The number of rotatable bonds is 1. The van der Waals surface area contributed by atoms with Crippen molar-refractivity contribution in [1.29, 1.82) is 0 Å². The highest BCUT2D eigenvalue weighted by Crippen LogP contribution is 2.46. The number of hydrogen-bond donors (Lipinski definition) is 2. The van der Waals surface area contributed by atoms with Crippen molar-refractivity contribution in [2.24, 2.45) is 5.73 Å². The molecule has 0 saturated heterocycles. The van der Waals surface area contributed by atoms with Crippen molar-refractivity contribution < 1.29 is 9.50 Å². The molecule has 0 aliphatic heterocycles. The molecule has 15 heavy (non-hydrogen) atoms. The molecule has 0 amide bonds. The van der Waals surface area contributed by atoms with Gasteiger partial charge in [-0.3, -0.25) is 0 Å². The normalized spacial score (nSPS) is 18.7. The van der Waals surface area contributed by atoms with Crippen LogP contribution in [0.25, 0.3) is 0 Å². The van der Waals surface area contributed by atoms with Crippen LogP contribution in [0.1, 0.15) is 30.4 Å². The molecule has 82 valence electrons. The van der Waals surface area contributed by atoms with Crippen molar-refractivity contribution in [2.45, 2.75) is 31.7 Å². The lowest BCUT2D eigenvalue weighted by molar-refractivity contribution is 0.241. The van der Waals surface area contributed by atoms with Gasteiger partial charge in [0, 0.05) is 16.1 Å². The smallest absolute Gasteiger partial charge is 0.166 e. The van der Waals surface area contributed by atoms with Gasteiger partial charge in [-0.2, -0.15) is 0 Å². The van der Waals surface area contributed by atoms with Gasteiger partial charge >= 0.3 is 0 Å². The fourth-order valence-electron chi connectivity index (χ4n) is 2.12. The summed E-state index contributed by atoms with van der Waals surface area (Å²) in [5.74, 6) is -1.04. The number of benzene rings is 1. The average molecular weight is 230 g/mol. The summed E-state index contributed by atoms with van der Waals surface area (Å²) < 4.78 is 13.3. The van der Waals surface area contributed by atoms with Crippen molar-refractivity contribution in [3.8, 4) is 5.75 Å². The number of phenolic OH excluding ortho intramolecular Hbond substituents is 1. The minimum Gasteiger partial charge on any atom is -0.505 e. The summed E-state index contributed by atoms with van der Waals surface area (Å²) in [4.78, 5) is 0. The molecule has 3 N–H and O–H groups in total. The highest BCUT2D eigenvalue weighted by Gasteiger charge is 2.39. The Hall–Kier alpha value is -0.800. The van der Waals surface area contributed by atoms with Crippen LogP contribution in [0.15, 0.2) is 6.07 Å². The van der Waals surface area contributed by atoms with E-state index in [4.69, 9.17) is 17.3 Å². The van der Waals surface area contributed by atoms with Crippen LogP contribution in [0.5, 0.6) is 5.75 Å². The predicted octanol–water partition coefficient (Wildman–Crippen LogP) is 2.83. The van der Waals surface area contributed by atoms with Gasteiger partial charge < -0.3 is 10.8 Å². The molecular formula is C11H13ClFNO. The quantitative estimate of drug-likeness (QED) is 0.778. The van der Waals surface area contributed by atoms with Crippen LogP contribution in [-0.4, -0.2) is 5.11 Å². The molecule has 2 nitrogen and oxygen atoms in total. The SMILES string of the molecule is Cc1c(Cl)cc(F)c(O)c1C1(N)CCC1. The van der Waals surface area contributed by atoms with Crippen LogP contribution in [-0.2, 0) is 5.54 Å². The first-order chi connectivity index (χ1) is 6.96. The molecule has 4 heteroatoms. The third-order valence-corrected chi connectivity index (χ3v) is 3.59. The first kappa shape index (κ1) is 10.7. The van der Waals surface area contributed by atoms with Crippen LogP contribution in [0.3, 0.4) is 0 Å². The van der Waals surface area contributed by atoms with Crippen molar-refractivity contribution in [2.75, 3.05) is 0 Å². The van der Waals surface area contributed by atoms with Crippen molar-refractivity contribution in [1.82, 2.24) is 0 Å². The largest absolute Gasteiger partial charge is 0.505 e.